The summed E-state index contributed by atoms with van der Waals surface area (Å²) >= 11 is 1.70. The second-order valence-corrected chi connectivity index (χ2v) is 14.8. The molecule has 0 saturated heterocycles. The molecule has 6 aromatic carbocycles. The molecule has 49 heavy (non-hydrogen) atoms. The van der Waals surface area contributed by atoms with Crippen LogP contribution in [0.25, 0.3) is 11.0 Å². The monoisotopic (exact) mass is 681 g/mol. The predicted octanol–water partition coefficient (Wildman–Crippen LogP) is 10.4. The second-order valence-electron chi connectivity index (χ2n) is 11.8. The zero-order valence-corrected chi connectivity index (χ0v) is 28.7. The van der Waals surface area contributed by atoms with Crippen LogP contribution in [0, 0.1) is 6.92 Å². The van der Waals surface area contributed by atoms with E-state index < -0.39 is 20.0 Å². The largest absolute Gasteiger partial charge is 0.497 e. The number of hydrogen-bond donors (Lipinski definition) is 1. The van der Waals surface area contributed by atoms with Gasteiger partial charge in [0.2, 0.25) is 0 Å². The molecule has 1 aromatic heterocycles. The van der Waals surface area contributed by atoms with E-state index in [1.807, 2.05) is 73.7 Å². The van der Waals surface area contributed by atoms with Crippen LogP contribution in [0.5, 0.6) is 5.75 Å². The molecular weight excluding hydrogens is 647 g/mol. The van der Waals surface area contributed by atoms with Gasteiger partial charge in [-0.2, -0.15) is 0 Å². The molecule has 0 fully saturated rings. The molecule has 7 heteroatoms. The molecule has 1 atom stereocenters. The number of para-hydroxylation sites is 1. The standard InChI is InChI=1S/C42H35NO4S2/c1-30-22-28-36(29-23-30)49(44,45)43-39-37-20-12-13-21-38(37)47-40(39)41(31-24-26-35(46-2)27-25-31)48-42(32-14-6-3-7-15-32,33-16-8-4-9-17-33)34-18-10-5-11-19-34/h3-29,41,43H,1-2H3. The number of nitrogens with one attached hydrogen (secondary N) is 1. The summed E-state index contributed by atoms with van der Waals surface area (Å²) in [5, 5.41) is 0.187. The summed E-state index contributed by atoms with van der Waals surface area (Å²) in [6, 6.07) is 53.6. The molecule has 1 N–H and O–H groups in total. The van der Waals surface area contributed by atoms with E-state index in [0.29, 0.717) is 22.4 Å². The summed E-state index contributed by atoms with van der Waals surface area (Å²) in [6.07, 6.45) is 0. The lowest BCUT2D eigenvalue weighted by Gasteiger charge is -2.38. The highest BCUT2D eigenvalue weighted by molar-refractivity contribution is 8.01. The maximum atomic E-state index is 14.0. The zero-order valence-electron chi connectivity index (χ0n) is 27.1. The highest BCUT2D eigenvalue weighted by Gasteiger charge is 2.42. The van der Waals surface area contributed by atoms with Crippen molar-refractivity contribution in [3.05, 3.63) is 197 Å². The van der Waals surface area contributed by atoms with Gasteiger partial charge in [0.15, 0.2) is 0 Å². The van der Waals surface area contributed by atoms with Crippen molar-refractivity contribution in [3.8, 4) is 5.75 Å². The van der Waals surface area contributed by atoms with Crippen molar-refractivity contribution in [2.75, 3.05) is 11.8 Å². The van der Waals surface area contributed by atoms with E-state index in [1.165, 1.54) is 0 Å². The molecule has 1 heterocycles. The molecule has 0 amide bonds. The van der Waals surface area contributed by atoms with Crippen LogP contribution in [0.15, 0.2) is 173 Å². The van der Waals surface area contributed by atoms with E-state index >= 15 is 0 Å². The van der Waals surface area contributed by atoms with Crippen LogP contribution in [0.4, 0.5) is 5.69 Å². The first-order chi connectivity index (χ1) is 23.9. The summed E-state index contributed by atoms with van der Waals surface area (Å²) in [5.74, 6) is 1.22. The lowest BCUT2D eigenvalue weighted by atomic mass is 9.84. The zero-order chi connectivity index (χ0) is 33.8. The highest BCUT2D eigenvalue weighted by Crippen LogP contribution is 2.57. The Labute approximate surface area is 291 Å². The van der Waals surface area contributed by atoms with Crippen molar-refractivity contribution < 1.29 is 17.6 Å². The highest BCUT2D eigenvalue weighted by atomic mass is 32.2. The van der Waals surface area contributed by atoms with E-state index in [-0.39, 0.29) is 4.90 Å². The number of rotatable bonds is 11. The topological polar surface area (TPSA) is 68.5 Å². The molecule has 0 aliphatic rings. The number of thioether (sulfide) groups is 1. The maximum Gasteiger partial charge on any atom is 0.262 e. The first-order valence-corrected chi connectivity index (χ1v) is 18.3. The molecule has 0 spiro atoms. The Kier molecular flexibility index (Phi) is 9.04. The fourth-order valence-corrected chi connectivity index (χ4v) is 9.04. The van der Waals surface area contributed by atoms with Crippen LogP contribution in [0.2, 0.25) is 0 Å². The number of ether oxygens (including phenoxy) is 1. The second kappa shape index (κ2) is 13.7. The molecule has 244 valence electrons. The first-order valence-electron chi connectivity index (χ1n) is 16.0. The van der Waals surface area contributed by atoms with Gasteiger partial charge in [0.1, 0.15) is 17.1 Å². The third-order valence-electron chi connectivity index (χ3n) is 8.68. The Bertz CT molecular complexity index is 2170. The number of benzene rings is 6. The Morgan fingerprint density at radius 3 is 1.69 bits per heavy atom. The van der Waals surface area contributed by atoms with Gasteiger partial charge in [-0.05, 0) is 65.6 Å². The molecule has 7 rings (SSSR count). The lowest BCUT2D eigenvalue weighted by molar-refractivity contribution is 0.414. The van der Waals surface area contributed by atoms with Gasteiger partial charge in [0, 0.05) is 5.39 Å². The van der Waals surface area contributed by atoms with Gasteiger partial charge in [-0.3, -0.25) is 4.72 Å². The van der Waals surface area contributed by atoms with Crippen LogP contribution in [-0.2, 0) is 14.8 Å². The van der Waals surface area contributed by atoms with Crippen molar-refractivity contribution in [1.82, 2.24) is 0 Å². The Balaban J connectivity index is 1.50. The normalized spacial score (nSPS) is 12.4. The smallest absolute Gasteiger partial charge is 0.262 e. The molecular formula is C42H35NO4S2. The van der Waals surface area contributed by atoms with Crippen LogP contribution in [0.1, 0.15) is 38.8 Å². The van der Waals surface area contributed by atoms with Gasteiger partial charge in [0.05, 0.1) is 27.7 Å². The van der Waals surface area contributed by atoms with Crippen LogP contribution >= 0.6 is 11.8 Å². The van der Waals surface area contributed by atoms with E-state index in [0.717, 1.165) is 33.6 Å². The number of sulfonamides is 1. The van der Waals surface area contributed by atoms with Crippen LogP contribution in [-0.4, -0.2) is 15.5 Å². The summed E-state index contributed by atoms with van der Waals surface area (Å²) in [4.78, 5) is 0.176. The summed E-state index contributed by atoms with van der Waals surface area (Å²) in [7, 11) is -2.34. The summed E-state index contributed by atoms with van der Waals surface area (Å²) in [5.41, 5.74) is 6.13. The van der Waals surface area contributed by atoms with E-state index in [2.05, 4.69) is 77.5 Å². The van der Waals surface area contributed by atoms with Gasteiger partial charge in [0.25, 0.3) is 10.0 Å². The maximum absolute atomic E-state index is 14.0. The molecule has 0 radical (unpaired) electrons. The molecule has 1 unspecified atom stereocenters. The Hall–Kier alpha value is -5.24. The van der Waals surface area contributed by atoms with Crippen LogP contribution < -0.4 is 9.46 Å². The minimum atomic E-state index is -3.98. The Morgan fingerprint density at radius 1 is 0.653 bits per heavy atom. The van der Waals surface area contributed by atoms with E-state index in [9.17, 15) is 8.42 Å². The quantitative estimate of drug-likeness (QED) is 0.138. The van der Waals surface area contributed by atoms with Gasteiger partial charge in [-0.1, -0.05) is 133 Å². The number of methoxy groups -OCH3 is 1. The van der Waals surface area contributed by atoms with E-state index in [4.69, 9.17) is 9.15 Å². The molecule has 0 bridgehead atoms. The van der Waals surface area contributed by atoms with Crippen molar-refractivity contribution >= 4 is 38.4 Å². The molecule has 0 aliphatic heterocycles. The van der Waals surface area contributed by atoms with Gasteiger partial charge < -0.3 is 9.15 Å². The third kappa shape index (κ3) is 6.35. The van der Waals surface area contributed by atoms with Gasteiger partial charge >= 0.3 is 0 Å². The molecule has 7 aromatic rings. The Morgan fingerprint density at radius 2 is 1.16 bits per heavy atom. The van der Waals surface area contributed by atoms with Crippen molar-refractivity contribution in [2.45, 2.75) is 21.8 Å². The fraction of sp³-hybridized carbons (Fsp3) is 0.0952. The third-order valence-corrected chi connectivity index (χ3v) is 11.8. The molecule has 0 saturated carbocycles. The molecule has 0 aliphatic carbocycles. The summed E-state index contributed by atoms with van der Waals surface area (Å²) in [6.45, 7) is 1.93. The number of furan rings is 1. The minimum absolute atomic E-state index is 0.176. The average Bonchev–Trinajstić information content (AvgIpc) is 3.50. The number of anilines is 1. The van der Waals surface area contributed by atoms with E-state index in [1.54, 1.807) is 43.1 Å². The summed E-state index contributed by atoms with van der Waals surface area (Å²) < 4.78 is 42.6. The fourth-order valence-electron chi connectivity index (χ4n) is 6.22. The van der Waals surface area contributed by atoms with Gasteiger partial charge in [-0.15, -0.1) is 11.8 Å². The molecule has 5 nitrogen and oxygen atoms in total. The number of hydrogen-bond acceptors (Lipinski definition) is 5. The minimum Gasteiger partial charge on any atom is -0.497 e. The predicted molar refractivity (Wildman–Crippen MR) is 200 cm³/mol. The van der Waals surface area contributed by atoms with Crippen LogP contribution in [0.3, 0.4) is 0 Å². The average molecular weight is 682 g/mol. The van der Waals surface area contributed by atoms with Crippen molar-refractivity contribution in [2.24, 2.45) is 0 Å². The first kappa shape index (κ1) is 32.3. The SMILES string of the molecule is COc1ccc(C(SC(c2ccccc2)(c2ccccc2)c2ccccc2)c2oc3ccccc3c2NS(=O)(=O)c2ccc(C)cc2)cc1. The lowest BCUT2D eigenvalue weighted by Crippen LogP contribution is -2.27. The van der Waals surface area contributed by atoms with Crippen molar-refractivity contribution in [1.29, 1.82) is 0 Å². The number of aryl methyl sites for hydroxylation is 1. The van der Waals surface area contributed by atoms with Crippen molar-refractivity contribution in [3.63, 3.8) is 0 Å². The van der Waals surface area contributed by atoms with Gasteiger partial charge in [-0.25, -0.2) is 8.42 Å². The number of fused-ring (bicyclic) bond motifs is 1.